The molecule has 5 rings (SSSR count). The van der Waals surface area contributed by atoms with E-state index in [0.29, 0.717) is 76.7 Å². The van der Waals surface area contributed by atoms with E-state index in [4.69, 9.17) is 4.74 Å². The standard InChI is InChI=1S/C27H33F4N5O3/c1-16-12-22(38)24-23(16)26(33-15-32-24)36-8-6-35(7-9-36)25(34-18-4-10-39-11-5-18)20(14-37)19-3-2-17(13-21(19)28)27(29,30)31/h2-3,13-16,18,20,22,25,34,38H,4-12H2,1H3/t16-,20?,22+,25?/m1/s1. The first kappa shape index (κ1) is 27.9. The number of benzene rings is 1. The molecule has 0 spiro atoms. The topological polar surface area (TPSA) is 90.8 Å². The molecular weight excluding hydrogens is 518 g/mol. The molecule has 212 valence electrons. The van der Waals surface area contributed by atoms with E-state index >= 15 is 4.39 Å². The number of anilines is 1. The fraction of sp³-hybridized carbons (Fsp3) is 0.593. The minimum absolute atomic E-state index is 0.0224. The molecule has 0 radical (unpaired) electrons. The van der Waals surface area contributed by atoms with Crippen molar-refractivity contribution < 1.29 is 32.2 Å². The molecule has 2 aliphatic heterocycles. The van der Waals surface area contributed by atoms with Crippen molar-refractivity contribution in [2.75, 3.05) is 44.3 Å². The number of hydrogen-bond donors (Lipinski definition) is 2. The van der Waals surface area contributed by atoms with Gasteiger partial charge in [-0.3, -0.25) is 10.2 Å². The van der Waals surface area contributed by atoms with E-state index in [0.717, 1.165) is 23.5 Å². The number of aldehydes is 1. The third kappa shape index (κ3) is 5.79. The summed E-state index contributed by atoms with van der Waals surface area (Å²) in [6.45, 7) is 5.33. The molecule has 4 atom stereocenters. The van der Waals surface area contributed by atoms with Gasteiger partial charge in [-0.1, -0.05) is 13.0 Å². The Morgan fingerprint density at radius 1 is 1.15 bits per heavy atom. The van der Waals surface area contributed by atoms with Gasteiger partial charge in [0.15, 0.2) is 0 Å². The SMILES string of the molecule is C[C@@H]1C[C@H](O)c2ncnc(N3CCN(C(NC4CCOCC4)C(C=O)c4ccc(C(F)(F)F)cc4F)CC3)c21. The van der Waals surface area contributed by atoms with E-state index < -0.39 is 35.7 Å². The zero-order valence-electron chi connectivity index (χ0n) is 21.7. The molecule has 2 fully saturated rings. The first-order valence-electron chi connectivity index (χ1n) is 13.3. The van der Waals surface area contributed by atoms with Crippen LogP contribution in [0.1, 0.15) is 66.5 Å². The van der Waals surface area contributed by atoms with Gasteiger partial charge in [0, 0.05) is 56.6 Å². The number of rotatable bonds is 7. The Labute approximate surface area is 224 Å². The quantitative estimate of drug-likeness (QED) is 0.400. The van der Waals surface area contributed by atoms with Gasteiger partial charge in [0.2, 0.25) is 0 Å². The maximum absolute atomic E-state index is 15.0. The lowest BCUT2D eigenvalue weighted by atomic mass is 9.93. The van der Waals surface area contributed by atoms with Crippen molar-refractivity contribution in [2.24, 2.45) is 0 Å². The monoisotopic (exact) mass is 551 g/mol. The molecule has 1 aromatic heterocycles. The predicted molar refractivity (Wildman–Crippen MR) is 135 cm³/mol. The van der Waals surface area contributed by atoms with E-state index in [1.54, 1.807) is 0 Å². The number of carbonyl (C=O) groups excluding carboxylic acids is 1. The van der Waals surface area contributed by atoms with Crippen LogP contribution in [0, 0.1) is 5.82 Å². The fourth-order valence-electron chi connectivity index (χ4n) is 6.00. The Kier molecular flexibility index (Phi) is 8.18. The van der Waals surface area contributed by atoms with Crippen LogP contribution in [-0.4, -0.2) is 77.9 Å². The van der Waals surface area contributed by atoms with Gasteiger partial charge >= 0.3 is 6.18 Å². The average molecular weight is 552 g/mol. The molecule has 2 unspecified atom stereocenters. The minimum atomic E-state index is -4.68. The first-order valence-corrected chi connectivity index (χ1v) is 13.3. The van der Waals surface area contributed by atoms with Crippen molar-refractivity contribution in [3.63, 3.8) is 0 Å². The van der Waals surface area contributed by atoms with Gasteiger partial charge in [0.25, 0.3) is 0 Å². The third-order valence-electron chi connectivity index (χ3n) is 8.09. The molecule has 1 aromatic carbocycles. The highest BCUT2D eigenvalue weighted by Gasteiger charge is 2.38. The Morgan fingerprint density at radius 2 is 1.87 bits per heavy atom. The van der Waals surface area contributed by atoms with Crippen LogP contribution in [0.3, 0.4) is 0 Å². The second-order valence-electron chi connectivity index (χ2n) is 10.6. The smallest absolute Gasteiger partial charge is 0.387 e. The number of halogens is 4. The number of fused-ring (bicyclic) bond motifs is 1. The molecular formula is C27H33F4N5O3. The Morgan fingerprint density at radius 3 is 2.51 bits per heavy atom. The molecule has 3 heterocycles. The summed E-state index contributed by atoms with van der Waals surface area (Å²) in [4.78, 5) is 25.4. The maximum Gasteiger partial charge on any atom is 0.416 e. The lowest BCUT2D eigenvalue weighted by Gasteiger charge is -2.44. The zero-order valence-corrected chi connectivity index (χ0v) is 21.7. The summed E-state index contributed by atoms with van der Waals surface area (Å²) >= 11 is 0. The summed E-state index contributed by atoms with van der Waals surface area (Å²) < 4.78 is 59.9. The number of aliphatic hydroxyl groups excluding tert-OH is 1. The molecule has 2 N–H and O–H groups in total. The van der Waals surface area contributed by atoms with Gasteiger partial charge in [-0.25, -0.2) is 14.4 Å². The largest absolute Gasteiger partial charge is 0.416 e. The van der Waals surface area contributed by atoms with Crippen molar-refractivity contribution in [1.82, 2.24) is 20.2 Å². The number of ether oxygens (including phenoxy) is 1. The summed E-state index contributed by atoms with van der Waals surface area (Å²) in [6, 6.07) is 2.38. The highest BCUT2D eigenvalue weighted by molar-refractivity contribution is 5.64. The summed E-state index contributed by atoms with van der Waals surface area (Å²) in [5, 5.41) is 13.9. The lowest BCUT2D eigenvalue weighted by molar-refractivity contribution is -0.137. The second-order valence-corrected chi connectivity index (χ2v) is 10.6. The maximum atomic E-state index is 15.0. The van der Waals surface area contributed by atoms with Crippen LogP contribution in [0.4, 0.5) is 23.4 Å². The van der Waals surface area contributed by atoms with Crippen LogP contribution >= 0.6 is 0 Å². The Balaban J connectivity index is 1.38. The van der Waals surface area contributed by atoms with Gasteiger partial charge in [-0.15, -0.1) is 0 Å². The normalized spacial score (nSPS) is 24.4. The summed E-state index contributed by atoms with van der Waals surface area (Å²) in [5.74, 6) is -1.16. The molecule has 0 saturated carbocycles. The molecule has 0 bridgehead atoms. The van der Waals surface area contributed by atoms with Crippen molar-refractivity contribution in [3.05, 3.63) is 52.7 Å². The second kappa shape index (κ2) is 11.4. The fourth-order valence-corrected chi connectivity index (χ4v) is 6.00. The van der Waals surface area contributed by atoms with E-state index in [1.165, 1.54) is 6.33 Å². The van der Waals surface area contributed by atoms with E-state index in [2.05, 4.69) is 25.1 Å². The highest BCUT2D eigenvalue weighted by atomic mass is 19.4. The van der Waals surface area contributed by atoms with Crippen molar-refractivity contribution in [3.8, 4) is 0 Å². The van der Waals surface area contributed by atoms with E-state index in [9.17, 15) is 23.1 Å². The summed E-state index contributed by atoms with van der Waals surface area (Å²) in [7, 11) is 0. The zero-order chi connectivity index (χ0) is 27.7. The molecule has 12 heteroatoms. The van der Waals surface area contributed by atoms with Crippen LogP contribution in [0.15, 0.2) is 24.5 Å². The van der Waals surface area contributed by atoms with Crippen LogP contribution in [0.5, 0.6) is 0 Å². The Hall–Kier alpha value is -2.67. The number of carbonyl (C=O) groups is 1. The average Bonchev–Trinajstić information content (AvgIpc) is 3.22. The van der Waals surface area contributed by atoms with Gasteiger partial charge in [0.05, 0.1) is 29.4 Å². The molecule has 3 aliphatic rings. The van der Waals surface area contributed by atoms with Crippen molar-refractivity contribution in [1.29, 1.82) is 0 Å². The molecule has 0 amide bonds. The lowest BCUT2D eigenvalue weighted by Crippen LogP contribution is -2.59. The van der Waals surface area contributed by atoms with Crippen LogP contribution in [0.25, 0.3) is 0 Å². The van der Waals surface area contributed by atoms with Gasteiger partial charge in [0.1, 0.15) is 24.2 Å². The molecule has 8 nitrogen and oxygen atoms in total. The number of hydrogen-bond acceptors (Lipinski definition) is 8. The first-order chi connectivity index (χ1) is 18.7. The van der Waals surface area contributed by atoms with Crippen LogP contribution in [0.2, 0.25) is 0 Å². The molecule has 2 saturated heterocycles. The van der Waals surface area contributed by atoms with Gasteiger partial charge < -0.3 is 19.5 Å². The predicted octanol–water partition coefficient (Wildman–Crippen LogP) is 3.37. The number of nitrogens with zero attached hydrogens (tertiary/aromatic N) is 4. The number of piperazine rings is 1. The number of nitrogens with one attached hydrogen (secondary N) is 1. The van der Waals surface area contributed by atoms with Crippen LogP contribution < -0.4 is 10.2 Å². The number of aromatic nitrogens is 2. The van der Waals surface area contributed by atoms with Gasteiger partial charge in [-0.2, -0.15) is 13.2 Å². The van der Waals surface area contributed by atoms with E-state index in [1.807, 2.05) is 6.92 Å². The summed E-state index contributed by atoms with van der Waals surface area (Å²) in [5.41, 5.74) is 0.454. The molecule has 2 aromatic rings. The van der Waals surface area contributed by atoms with Crippen LogP contribution in [-0.2, 0) is 15.7 Å². The number of alkyl halides is 3. The third-order valence-corrected chi connectivity index (χ3v) is 8.09. The highest BCUT2D eigenvalue weighted by Crippen LogP contribution is 2.43. The molecule has 1 aliphatic carbocycles. The van der Waals surface area contributed by atoms with Crippen molar-refractivity contribution in [2.45, 2.75) is 62.5 Å². The number of aliphatic hydroxyl groups is 1. The minimum Gasteiger partial charge on any atom is -0.387 e. The van der Waals surface area contributed by atoms with Crippen molar-refractivity contribution >= 4 is 12.1 Å². The van der Waals surface area contributed by atoms with Gasteiger partial charge in [-0.05, 0) is 37.3 Å². The van der Waals surface area contributed by atoms with E-state index in [-0.39, 0.29) is 17.5 Å². The Bertz CT molecular complexity index is 1170. The molecule has 39 heavy (non-hydrogen) atoms. The summed E-state index contributed by atoms with van der Waals surface area (Å²) in [6.07, 6.45) is -1.80.